The number of hydrogen-bond donors (Lipinski definition) is 0. The van der Waals surface area contributed by atoms with E-state index in [1.807, 2.05) is 42.2 Å². The smallest absolute Gasteiger partial charge is 0.227 e. The third kappa shape index (κ3) is 1.91. The molecule has 3 heterocycles. The summed E-state index contributed by atoms with van der Waals surface area (Å²) in [5.41, 5.74) is 2.08. The van der Waals surface area contributed by atoms with E-state index in [-0.39, 0.29) is 24.0 Å². The van der Waals surface area contributed by atoms with Crippen molar-refractivity contribution < 1.29 is 13.9 Å². The number of amides is 1. The van der Waals surface area contributed by atoms with Crippen LogP contribution in [-0.2, 0) is 9.53 Å². The summed E-state index contributed by atoms with van der Waals surface area (Å²) >= 11 is 0. The number of anilines is 1. The van der Waals surface area contributed by atoms with Gasteiger partial charge in [-0.15, -0.1) is 0 Å². The number of fused-ring (bicyclic) bond motifs is 3. The lowest BCUT2D eigenvalue weighted by Crippen LogP contribution is -2.43. The van der Waals surface area contributed by atoms with Gasteiger partial charge in [-0.05, 0) is 24.6 Å². The maximum Gasteiger partial charge on any atom is 0.227 e. The van der Waals surface area contributed by atoms with Crippen LogP contribution in [-0.4, -0.2) is 12.5 Å². The normalized spacial score (nSPS) is 26.6. The highest BCUT2D eigenvalue weighted by Crippen LogP contribution is 2.53. The van der Waals surface area contributed by atoms with Gasteiger partial charge >= 0.3 is 0 Å². The van der Waals surface area contributed by atoms with Crippen LogP contribution >= 0.6 is 0 Å². The second kappa shape index (κ2) is 5.29. The number of benzene rings is 1. The molecule has 0 aliphatic carbocycles. The minimum absolute atomic E-state index is 0.0483. The van der Waals surface area contributed by atoms with E-state index in [4.69, 9.17) is 9.15 Å². The van der Waals surface area contributed by atoms with Crippen LogP contribution in [0.15, 0.2) is 47.1 Å². The Morgan fingerprint density at radius 2 is 2.14 bits per heavy atom. The highest BCUT2D eigenvalue weighted by molar-refractivity contribution is 5.95. The molecule has 4 rings (SSSR count). The molecule has 2 aliphatic rings. The molecule has 1 amide bonds. The van der Waals surface area contributed by atoms with Crippen molar-refractivity contribution in [3.05, 3.63) is 54.0 Å². The molecule has 1 fully saturated rings. The van der Waals surface area contributed by atoms with Crippen molar-refractivity contribution >= 4 is 11.6 Å². The summed E-state index contributed by atoms with van der Waals surface area (Å²) in [5, 5.41) is 0. The molecular weight excluding hydrogens is 278 g/mol. The average Bonchev–Trinajstić information content (AvgIpc) is 3.24. The molecule has 0 N–H and O–H groups in total. The Kier molecular flexibility index (Phi) is 3.26. The molecule has 2 aliphatic heterocycles. The molecule has 22 heavy (non-hydrogen) atoms. The number of para-hydroxylation sites is 1. The average molecular weight is 297 g/mol. The Morgan fingerprint density at radius 1 is 1.27 bits per heavy atom. The van der Waals surface area contributed by atoms with Crippen molar-refractivity contribution in [1.29, 1.82) is 0 Å². The Hall–Kier alpha value is -2.07. The predicted octanol–water partition coefficient (Wildman–Crippen LogP) is 3.86. The Balaban J connectivity index is 1.90. The third-order valence-electron chi connectivity index (χ3n) is 4.73. The lowest BCUT2D eigenvalue weighted by atomic mass is 9.81. The van der Waals surface area contributed by atoms with E-state index in [2.05, 4.69) is 6.07 Å². The number of carbonyl (C=O) groups is 1. The zero-order valence-corrected chi connectivity index (χ0v) is 12.6. The molecule has 3 atom stereocenters. The zero-order chi connectivity index (χ0) is 15.1. The molecule has 1 aromatic heterocycles. The first kappa shape index (κ1) is 13.6. The molecule has 1 aromatic carbocycles. The highest BCUT2D eigenvalue weighted by Gasteiger charge is 2.47. The van der Waals surface area contributed by atoms with Gasteiger partial charge in [-0.1, -0.05) is 25.1 Å². The fraction of sp³-hybridized carbons (Fsp3) is 0.389. The van der Waals surface area contributed by atoms with Crippen LogP contribution in [0.1, 0.15) is 43.2 Å². The van der Waals surface area contributed by atoms with Gasteiger partial charge in [0.05, 0.1) is 18.1 Å². The summed E-state index contributed by atoms with van der Waals surface area (Å²) in [7, 11) is 0. The molecular formula is C18H19NO3. The Bertz CT molecular complexity index is 679. The van der Waals surface area contributed by atoms with Gasteiger partial charge in [0.1, 0.15) is 11.8 Å². The van der Waals surface area contributed by atoms with E-state index in [1.165, 1.54) is 0 Å². The maximum absolute atomic E-state index is 12.7. The summed E-state index contributed by atoms with van der Waals surface area (Å²) in [4.78, 5) is 14.6. The minimum atomic E-state index is -0.0788. The number of rotatable bonds is 2. The number of hydrogen-bond acceptors (Lipinski definition) is 3. The molecule has 4 nitrogen and oxygen atoms in total. The van der Waals surface area contributed by atoms with Crippen LogP contribution in [0.3, 0.4) is 0 Å². The second-order valence-electron chi connectivity index (χ2n) is 5.88. The minimum Gasteiger partial charge on any atom is -0.467 e. The monoisotopic (exact) mass is 297 g/mol. The SMILES string of the molecule is CCC(=O)N1c2ccccc2C2OCCC2C1c1ccco1. The standard InChI is InChI=1S/C18H19NO3/c1-2-16(20)19-14-7-4-3-6-12(14)18-13(9-11-22-18)17(19)15-8-5-10-21-15/h3-8,10,13,17-18H,2,9,11H2,1H3. The van der Waals surface area contributed by atoms with Gasteiger partial charge in [-0.25, -0.2) is 0 Å². The van der Waals surface area contributed by atoms with Gasteiger partial charge in [0.25, 0.3) is 0 Å². The lowest BCUT2D eigenvalue weighted by molar-refractivity contribution is -0.119. The molecule has 4 heteroatoms. The lowest BCUT2D eigenvalue weighted by Gasteiger charge is -2.42. The summed E-state index contributed by atoms with van der Waals surface area (Å²) in [6, 6.07) is 11.8. The van der Waals surface area contributed by atoms with Gasteiger partial charge in [-0.2, -0.15) is 0 Å². The molecule has 0 radical (unpaired) electrons. The Morgan fingerprint density at radius 3 is 2.91 bits per heavy atom. The van der Waals surface area contributed by atoms with Crippen molar-refractivity contribution in [1.82, 2.24) is 0 Å². The maximum atomic E-state index is 12.7. The van der Waals surface area contributed by atoms with E-state index in [1.54, 1.807) is 6.26 Å². The first-order valence-electron chi connectivity index (χ1n) is 7.87. The molecule has 0 spiro atoms. The van der Waals surface area contributed by atoms with Crippen molar-refractivity contribution in [2.45, 2.75) is 31.9 Å². The van der Waals surface area contributed by atoms with E-state index in [0.717, 1.165) is 30.0 Å². The van der Waals surface area contributed by atoms with Crippen molar-refractivity contribution in [3.8, 4) is 0 Å². The summed E-state index contributed by atoms with van der Waals surface area (Å²) in [5.74, 6) is 1.22. The van der Waals surface area contributed by atoms with E-state index in [9.17, 15) is 4.79 Å². The largest absolute Gasteiger partial charge is 0.467 e. The van der Waals surface area contributed by atoms with E-state index in [0.29, 0.717) is 6.42 Å². The quantitative estimate of drug-likeness (QED) is 0.845. The van der Waals surface area contributed by atoms with E-state index >= 15 is 0 Å². The van der Waals surface area contributed by atoms with Crippen molar-refractivity contribution in [2.24, 2.45) is 5.92 Å². The third-order valence-corrected chi connectivity index (χ3v) is 4.73. The van der Waals surface area contributed by atoms with E-state index < -0.39 is 0 Å². The molecule has 2 aromatic rings. The van der Waals surface area contributed by atoms with Crippen LogP contribution in [0.5, 0.6) is 0 Å². The van der Waals surface area contributed by atoms with Crippen LogP contribution in [0.2, 0.25) is 0 Å². The molecule has 1 saturated heterocycles. The van der Waals surface area contributed by atoms with Crippen LogP contribution in [0.25, 0.3) is 0 Å². The van der Waals surface area contributed by atoms with Gasteiger partial charge in [0.2, 0.25) is 5.91 Å². The summed E-state index contributed by atoms with van der Waals surface area (Å²) in [6.07, 6.45) is 3.14. The van der Waals surface area contributed by atoms with Crippen LogP contribution in [0, 0.1) is 5.92 Å². The number of nitrogens with zero attached hydrogens (tertiary/aromatic N) is 1. The van der Waals surface area contributed by atoms with Gasteiger partial charge in [0.15, 0.2) is 0 Å². The number of ether oxygens (including phenoxy) is 1. The number of carbonyl (C=O) groups excluding carboxylic acids is 1. The first-order chi connectivity index (χ1) is 10.8. The van der Waals surface area contributed by atoms with Gasteiger partial charge in [0, 0.05) is 24.5 Å². The first-order valence-corrected chi connectivity index (χ1v) is 7.87. The predicted molar refractivity (Wildman–Crippen MR) is 82.5 cm³/mol. The topological polar surface area (TPSA) is 42.7 Å². The van der Waals surface area contributed by atoms with Crippen molar-refractivity contribution in [2.75, 3.05) is 11.5 Å². The van der Waals surface area contributed by atoms with Crippen LogP contribution in [0.4, 0.5) is 5.69 Å². The van der Waals surface area contributed by atoms with Crippen LogP contribution < -0.4 is 4.90 Å². The fourth-order valence-electron chi connectivity index (χ4n) is 3.80. The fourth-order valence-corrected chi connectivity index (χ4v) is 3.80. The molecule has 0 saturated carbocycles. The summed E-state index contributed by atoms with van der Waals surface area (Å²) in [6.45, 7) is 2.64. The van der Waals surface area contributed by atoms with Gasteiger partial charge in [-0.3, -0.25) is 4.79 Å². The second-order valence-corrected chi connectivity index (χ2v) is 5.88. The highest BCUT2D eigenvalue weighted by atomic mass is 16.5. The van der Waals surface area contributed by atoms with Gasteiger partial charge < -0.3 is 14.1 Å². The Labute approximate surface area is 129 Å². The zero-order valence-electron chi connectivity index (χ0n) is 12.6. The molecule has 3 unspecified atom stereocenters. The summed E-state index contributed by atoms with van der Waals surface area (Å²) < 4.78 is 11.7. The van der Waals surface area contributed by atoms with Crippen molar-refractivity contribution in [3.63, 3.8) is 0 Å². The molecule has 114 valence electrons. The number of furan rings is 1. The molecule has 0 bridgehead atoms.